The quantitative estimate of drug-likeness (QED) is 0.549. The molecule has 0 spiro atoms. The average molecular weight is 486 g/mol. The number of terminal acetylenes is 1. The molecular weight excluding hydrogens is 450 g/mol. The molecule has 188 valence electrons. The summed E-state index contributed by atoms with van der Waals surface area (Å²) < 4.78 is 5.61. The molecule has 0 bridgehead atoms. The van der Waals surface area contributed by atoms with Crippen molar-refractivity contribution < 1.29 is 14.3 Å². The fourth-order valence-corrected chi connectivity index (χ4v) is 5.50. The zero-order valence-electron chi connectivity index (χ0n) is 20.8. The number of hydrogen-bond donors (Lipinski definition) is 2. The van der Waals surface area contributed by atoms with Crippen LogP contribution < -0.4 is 10.6 Å². The minimum absolute atomic E-state index is 0.0269. The van der Waals surface area contributed by atoms with Crippen LogP contribution in [0.1, 0.15) is 83.8 Å². The molecule has 3 fully saturated rings. The molecule has 36 heavy (non-hydrogen) atoms. The minimum atomic E-state index is -0.243. The second-order valence-electron chi connectivity index (χ2n) is 10.2. The molecule has 6 heteroatoms. The van der Waals surface area contributed by atoms with Gasteiger partial charge in [-0.3, -0.25) is 4.79 Å². The topological polar surface area (TPSA) is 70.7 Å². The summed E-state index contributed by atoms with van der Waals surface area (Å²) in [7, 11) is 0. The van der Waals surface area contributed by atoms with Gasteiger partial charge in [-0.2, -0.15) is 0 Å². The molecule has 5 rings (SSSR count). The number of ether oxygens (including phenoxy) is 1. The van der Waals surface area contributed by atoms with Crippen LogP contribution in [-0.4, -0.2) is 49.2 Å². The molecule has 0 unspecified atom stereocenters. The number of carbonyl (C=O) groups excluding carboxylic acids is 2. The van der Waals surface area contributed by atoms with Crippen molar-refractivity contribution in [3.8, 4) is 12.3 Å². The number of anilines is 1. The van der Waals surface area contributed by atoms with Gasteiger partial charge in [0.15, 0.2) is 0 Å². The van der Waals surface area contributed by atoms with Gasteiger partial charge in [-0.1, -0.05) is 30.5 Å². The molecule has 2 aromatic carbocycles. The number of likely N-dealkylation sites (tertiary alicyclic amines) is 1. The molecule has 2 saturated heterocycles. The van der Waals surface area contributed by atoms with Crippen LogP contribution in [0.4, 0.5) is 10.5 Å². The fraction of sp³-hybridized carbons (Fsp3) is 0.467. The van der Waals surface area contributed by atoms with Crippen LogP contribution in [0.15, 0.2) is 42.5 Å². The minimum Gasteiger partial charge on any atom is -0.376 e. The predicted octanol–water partition coefficient (Wildman–Crippen LogP) is 5.26. The van der Waals surface area contributed by atoms with E-state index in [1.165, 1.54) is 12.0 Å². The highest BCUT2D eigenvalue weighted by Gasteiger charge is 2.27. The number of amides is 3. The third-order valence-electron chi connectivity index (χ3n) is 7.94. The monoisotopic (exact) mass is 485 g/mol. The Labute approximate surface area is 213 Å². The van der Waals surface area contributed by atoms with Gasteiger partial charge >= 0.3 is 6.03 Å². The summed E-state index contributed by atoms with van der Waals surface area (Å²) in [4.78, 5) is 28.0. The Bertz CT molecular complexity index is 1120. The smallest absolute Gasteiger partial charge is 0.319 e. The molecular formula is C30H35N3O3. The van der Waals surface area contributed by atoms with Crippen LogP contribution in [0.2, 0.25) is 0 Å². The Morgan fingerprint density at radius 3 is 2.39 bits per heavy atom. The molecule has 2 N–H and O–H groups in total. The zero-order valence-corrected chi connectivity index (χ0v) is 20.8. The van der Waals surface area contributed by atoms with Crippen molar-refractivity contribution in [2.75, 3.05) is 31.6 Å². The highest BCUT2D eigenvalue weighted by Crippen LogP contribution is 2.40. The van der Waals surface area contributed by atoms with E-state index in [9.17, 15) is 9.59 Å². The van der Waals surface area contributed by atoms with Crippen molar-refractivity contribution in [2.45, 2.75) is 62.9 Å². The molecule has 2 aliphatic heterocycles. The lowest BCUT2D eigenvalue weighted by atomic mass is 9.79. The van der Waals surface area contributed by atoms with Crippen molar-refractivity contribution >= 4 is 17.6 Å². The van der Waals surface area contributed by atoms with Crippen LogP contribution in [0.25, 0.3) is 0 Å². The van der Waals surface area contributed by atoms with Gasteiger partial charge in [0.25, 0.3) is 5.91 Å². The maximum atomic E-state index is 13.4. The number of rotatable bonds is 6. The number of nitrogens with zero attached hydrogens (tertiary/aromatic N) is 1. The highest BCUT2D eigenvalue weighted by atomic mass is 16.5. The van der Waals surface area contributed by atoms with Crippen molar-refractivity contribution in [2.24, 2.45) is 0 Å². The number of piperidine rings is 1. The Morgan fingerprint density at radius 2 is 1.75 bits per heavy atom. The van der Waals surface area contributed by atoms with Crippen LogP contribution in [-0.2, 0) is 4.74 Å². The summed E-state index contributed by atoms with van der Waals surface area (Å²) in [5.41, 5.74) is 4.68. The normalized spacial score (nSPS) is 20.4. The van der Waals surface area contributed by atoms with E-state index in [1.54, 1.807) is 0 Å². The summed E-state index contributed by atoms with van der Waals surface area (Å²) in [6.07, 6.45) is 12.9. The Morgan fingerprint density at radius 1 is 0.972 bits per heavy atom. The first-order valence-corrected chi connectivity index (χ1v) is 13.3. The molecule has 2 aromatic rings. The van der Waals surface area contributed by atoms with Crippen LogP contribution in [0.3, 0.4) is 0 Å². The maximum absolute atomic E-state index is 13.4. The van der Waals surface area contributed by atoms with E-state index in [1.807, 2.05) is 35.2 Å². The van der Waals surface area contributed by atoms with E-state index in [-0.39, 0.29) is 18.0 Å². The Hall–Kier alpha value is -3.30. The van der Waals surface area contributed by atoms with Gasteiger partial charge in [-0.25, -0.2) is 4.79 Å². The fourth-order valence-electron chi connectivity index (χ4n) is 5.50. The number of nitrogens with one attached hydrogen (secondary N) is 2. The molecule has 1 atom stereocenters. The number of hydrogen-bond acceptors (Lipinski definition) is 3. The van der Waals surface area contributed by atoms with Crippen molar-refractivity contribution in [1.82, 2.24) is 10.2 Å². The summed E-state index contributed by atoms with van der Waals surface area (Å²) >= 11 is 0. The second kappa shape index (κ2) is 11.2. The number of carbonyl (C=O) groups is 2. The van der Waals surface area contributed by atoms with Gasteiger partial charge in [0, 0.05) is 43.1 Å². The summed E-state index contributed by atoms with van der Waals surface area (Å²) in [6, 6.07) is 13.8. The lowest BCUT2D eigenvalue weighted by molar-refractivity contribution is 0.0713. The van der Waals surface area contributed by atoms with Gasteiger partial charge in [0.1, 0.15) is 0 Å². The second-order valence-corrected chi connectivity index (χ2v) is 10.2. The van der Waals surface area contributed by atoms with Crippen LogP contribution >= 0.6 is 0 Å². The van der Waals surface area contributed by atoms with E-state index in [0.717, 1.165) is 75.0 Å². The largest absolute Gasteiger partial charge is 0.376 e. The third kappa shape index (κ3) is 5.57. The Balaban J connectivity index is 1.23. The molecule has 0 radical (unpaired) electrons. The van der Waals surface area contributed by atoms with E-state index < -0.39 is 0 Å². The molecule has 3 amide bonds. The first-order chi connectivity index (χ1) is 17.6. The average Bonchev–Trinajstić information content (AvgIpc) is 3.41. The Kier molecular flexibility index (Phi) is 7.58. The van der Waals surface area contributed by atoms with Gasteiger partial charge < -0.3 is 20.3 Å². The van der Waals surface area contributed by atoms with Crippen molar-refractivity contribution in [3.05, 3.63) is 64.7 Å². The summed E-state index contributed by atoms with van der Waals surface area (Å²) in [5.74, 6) is 3.57. The number of urea groups is 1. The molecule has 1 saturated carbocycles. The standard InChI is InChI=1S/C30H35N3O3/c1-2-21-8-10-22(11-9-21)23-14-16-33(17-15-23)29(34)25-12-13-27(24-5-3-6-24)28(19-25)32-30(35)31-20-26-7-4-18-36-26/h1,8-13,19,23-24,26H,3-7,14-18,20H2,(H2,31,32,35)/t26-/m0/s1. The van der Waals surface area contributed by atoms with Crippen LogP contribution in [0.5, 0.6) is 0 Å². The van der Waals surface area contributed by atoms with Gasteiger partial charge in [0.2, 0.25) is 0 Å². The van der Waals surface area contributed by atoms with E-state index in [4.69, 9.17) is 11.2 Å². The summed E-state index contributed by atoms with van der Waals surface area (Å²) in [6.45, 7) is 2.70. The first kappa shape index (κ1) is 24.4. The van der Waals surface area contributed by atoms with E-state index >= 15 is 0 Å². The third-order valence-corrected chi connectivity index (χ3v) is 7.94. The lowest BCUT2D eigenvalue weighted by Gasteiger charge is -2.33. The van der Waals surface area contributed by atoms with E-state index in [0.29, 0.717) is 23.9 Å². The van der Waals surface area contributed by atoms with Gasteiger partial charge in [0.05, 0.1) is 6.10 Å². The van der Waals surface area contributed by atoms with Gasteiger partial charge in [-0.15, -0.1) is 6.42 Å². The molecule has 2 heterocycles. The lowest BCUT2D eigenvalue weighted by Crippen LogP contribution is -2.38. The maximum Gasteiger partial charge on any atom is 0.319 e. The summed E-state index contributed by atoms with van der Waals surface area (Å²) in [5, 5.41) is 5.96. The zero-order chi connectivity index (χ0) is 24.9. The first-order valence-electron chi connectivity index (χ1n) is 13.3. The highest BCUT2D eigenvalue weighted by molar-refractivity contribution is 5.97. The molecule has 3 aliphatic rings. The molecule has 1 aliphatic carbocycles. The van der Waals surface area contributed by atoms with Gasteiger partial charge in [-0.05, 0) is 85.8 Å². The predicted molar refractivity (Wildman–Crippen MR) is 141 cm³/mol. The van der Waals surface area contributed by atoms with Crippen LogP contribution in [0, 0.1) is 12.3 Å². The van der Waals surface area contributed by atoms with E-state index in [2.05, 4.69) is 28.7 Å². The van der Waals surface area contributed by atoms with Crippen molar-refractivity contribution in [3.63, 3.8) is 0 Å². The van der Waals surface area contributed by atoms with Crippen molar-refractivity contribution in [1.29, 1.82) is 0 Å². The SMILES string of the molecule is C#Cc1ccc(C2CCN(C(=O)c3ccc(C4CCC4)c(NC(=O)NC[C@@H]4CCCO4)c3)CC2)cc1. The molecule has 6 nitrogen and oxygen atoms in total. The number of benzene rings is 2. The molecule has 0 aromatic heterocycles.